The predicted molar refractivity (Wildman–Crippen MR) is 138 cm³/mol. The van der Waals surface area contributed by atoms with Gasteiger partial charge in [0.1, 0.15) is 17.7 Å². The maximum Gasteiger partial charge on any atom is 0.231 e. The monoisotopic (exact) mass is 477 g/mol. The highest BCUT2D eigenvalue weighted by Gasteiger charge is 2.43. The topological polar surface area (TPSA) is 81.6 Å². The Hall–Kier alpha value is -2.51. The Labute approximate surface area is 209 Å². The number of nitrogens with one attached hydrogen (secondary N) is 1. The smallest absolute Gasteiger partial charge is 0.231 e. The van der Waals surface area contributed by atoms with E-state index < -0.39 is 5.60 Å². The van der Waals surface area contributed by atoms with Gasteiger partial charge in [0.05, 0.1) is 11.6 Å². The van der Waals surface area contributed by atoms with Crippen LogP contribution in [0.1, 0.15) is 81.2 Å². The summed E-state index contributed by atoms with van der Waals surface area (Å²) in [5, 5.41) is 14.6. The number of carbonyl (C=O) groups is 1. The number of rotatable bonds is 4. The largest absolute Gasteiger partial charge is 0.384 e. The maximum atomic E-state index is 14.0. The number of carbonyl (C=O) groups excluding carboxylic acids is 1. The Bertz CT molecular complexity index is 1090. The molecule has 5 rings (SSSR count). The van der Waals surface area contributed by atoms with Crippen molar-refractivity contribution in [3.8, 4) is 0 Å². The lowest BCUT2D eigenvalue weighted by Crippen LogP contribution is -2.53. The van der Waals surface area contributed by atoms with Crippen LogP contribution < -0.4 is 10.2 Å². The molecule has 7 heteroatoms. The second kappa shape index (κ2) is 8.86. The van der Waals surface area contributed by atoms with E-state index in [9.17, 15) is 9.90 Å². The first-order valence-corrected chi connectivity index (χ1v) is 13.0. The highest BCUT2D eigenvalue weighted by molar-refractivity contribution is 5.85. The number of hydrogen-bond acceptors (Lipinski definition) is 6. The molecule has 1 amide bonds. The van der Waals surface area contributed by atoms with Gasteiger partial charge in [-0.1, -0.05) is 36.8 Å². The number of fused-ring (bicyclic) bond motifs is 1. The lowest BCUT2D eigenvalue weighted by atomic mass is 9.88. The summed E-state index contributed by atoms with van der Waals surface area (Å²) < 4.78 is 0. The molecule has 188 valence electrons. The van der Waals surface area contributed by atoms with E-state index in [1.807, 2.05) is 11.8 Å². The third-order valence-electron chi connectivity index (χ3n) is 8.22. The number of aryl methyl sites for hydroxylation is 1. The average Bonchev–Trinajstić information content (AvgIpc) is 3.30. The van der Waals surface area contributed by atoms with Gasteiger partial charge in [0.25, 0.3) is 0 Å². The van der Waals surface area contributed by atoms with E-state index in [1.165, 1.54) is 5.56 Å². The zero-order valence-electron chi connectivity index (χ0n) is 21.7. The fraction of sp³-hybridized carbons (Fsp3) is 0.607. The van der Waals surface area contributed by atoms with Gasteiger partial charge in [-0.25, -0.2) is 9.97 Å². The minimum atomic E-state index is -0.909. The summed E-state index contributed by atoms with van der Waals surface area (Å²) in [4.78, 5) is 27.3. The predicted octanol–water partition coefficient (Wildman–Crippen LogP) is 3.46. The van der Waals surface area contributed by atoms with Crippen LogP contribution in [0.25, 0.3) is 0 Å². The fourth-order valence-corrected chi connectivity index (χ4v) is 6.38. The van der Waals surface area contributed by atoms with Gasteiger partial charge in [0.2, 0.25) is 5.91 Å². The molecular formula is C28H39N5O2. The van der Waals surface area contributed by atoms with E-state index >= 15 is 0 Å². The summed E-state index contributed by atoms with van der Waals surface area (Å²) in [6.07, 6.45) is 4.30. The number of nitrogens with zero attached hydrogens (tertiary/aromatic N) is 4. The number of amides is 1. The second-order valence-electron chi connectivity index (χ2n) is 11.7. The maximum absolute atomic E-state index is 14.0. The molecule has 2 aliphatic heterocycles. The van der Waals surface area contributed by atoms with Gasteiger partial charge < -0.3 is 20.2 Å². The molecule has 0 unspecified atom stereocenters. The van der Waals surface area contributed by atoms with Crippen LogP contribution in [0, 0.1) is 6.92 Å². The minimum Gasteiger partial charge on any atom is -0.384 e. The first-order valence-electron chi connectivity index (χ1n) is 13.0. The molecule has 4 atom stereocenters. The van der Waals surface area contributed by atoms with E-state index in [1.54, 1.807) is 6.33 Å². The van der Waals surface area contributed by atoms with Crippen LogP contribution in [0.3, 0.4) is 0 Å². The number of aliphatic hydroxyl groups is 1. The Kier molecular flexibility index (Phi) is 6.12. The Morgan fingerprint density at radius 1 is 1.11 bits per heavy atom. The summed E-state index contributed by atoms with van der Waals surface area (Å²) in [6, 6.07) is 8.61. The van der Waals surface area contributed by atoms with E-state index in [0.717, 1.165) is 48.6 Å². The molecule has 2 fully saturated rings. The zero-order chi connectivity index (χ0) is 25.0. The standard InChI is InChI=1S/C28H39N5O2/c1-18-6-8-20(9-7-18)23(21-10-11-27(3,4)31-21)26(34)33-14-12-32(13-15-33)25-22-19(2)16-28(5,35)24(22)29-17-30-25/h6-9,17,19,21,23,31,35H,10-16H2,1-5H3/t19-,21+,23+,28-/m1/s1. The van der Waals surface area contributed by atoms with Crippen molar-refractivity contribution >= 4 is 11.7 Å². The molecule has 0 bridgehead atoms. The Balaban J connectivity index is 1.34. The lowest BCUT2D eigenvalue weighted by molar-refractivity contribution is -0.133. The van der Waals surface area contributed by atoms with Gasteiger partial charge in [0, 0.05) is 43.3 Å². The van der Waals surface area contributed by atoms with Crippen LogP contribution in [-0.4, -0.2) is 63.6 Å². The molecule has 0 spiro atoms. The molecule has 2 N–H and O–H groups in total. The first-order chi connectivity index (χ1) is 16.6. The number of anilines is 1. The summed E-state index contributed by atoms with van der Waals surface area (Å²) in [5.41, 5.74) is 3.27. The molecule has 35 heavy (non-hydrogen) atoms. The van der Waals surface area contributed by atoms with Crippen molar-refractivity contribution < 1.29 is 9.90 Å². The molecule has 3 aliphatic rings. The van der Waals surface area contributed by atoms with Crippen LogP contribution in [0.5, 0.6) is 0 Å². The minimum absolute atomic E-state index is 0.0535. The molecule has 7 nitrogen and oxygen atoms in total. The highest BCUT2D eigenvalue weighted by Crippen LogP contribution is 2.46. The highest BCUT2D eigenvalue weighted by atomic mass is 16.3. The van der Waals surface area contributed by atoms with Gasteiger partial charge in [-0.2, -0.15) is 0 Å². The SMILES string of the molecule is Cc1ccc([C@H](C(=O)N2CCN(c3ncnc4c3[C@H](C)C[C@@]4(C)O)CC2)[C@@H]2CCC(C)(C)N2)cc1. The average molecular weight is 478 g/mol. The molecule has 2 saturated heterocycles. The number of benzene rings is 1. The second-order valence-corrected chi connectivity index (χ2v) is 11.7. The quantitative estimate of drug-likeness (QED) is 0.702. The Morgan fingerprint density at radius 2 is 1.80 bits per heavy atom. The normalized spacial score (nSPS) is 28.7. The molecule has 0 radical (unpaired) electrons. The first kappa shape index (κ1) is 24.2. The van der Waals surface area contributed by atoms with E-state index in [2.05, 4.69) is 72.1 Å². The van der Waals surface area contributed by atoms with Crippen LogP contribution in [0.4, 0.5) is 5.82 Å². The van der Waals surface area contributed by atoms with Crippen molar-refractivity contribution in [2.24, 2.45) is 0 Å². The van der Waals surface area contributed by atoms with Gasteiger partial charge >= 0.3 is 0 Å². The number of aromatic nitrogens is 2. The van der Waals surface area contributed by atoms with E-state index in [-0.39, 0.29) is 29.3 Å². The lowest BCUT2D eigenvalue weighted by Gasteiger charge is -2.39. The van der Waals surface area contributed by atoms with Crippen molar-refractivity contribution in [2.45, 2.75) is 82.9 Å². The molecule has 0 saturated carbocycles. The van der Waals surface area contributed by atoms with Gasteiger partial charge in [-0.15, -0.1) is 0 Å². The third-order valence-corrected chi connectivity index (χ3v) is 8.22. The van der Waals surface area contributed by atoms with Crippen molar-refractivity contribution in [1.82, 2.24) is 20.2 Å². The molecule has 1 aromatic heterocycles. The van der Waals surface area contributed by atoms with Crippen molar-refractivity contribution in [3.05, 3.63) is 53.0 Å². The molecule has 1 aliphatic carbocycles. The number of piperazine rings is 1. The van der Waals surface area contributed by atoms with Crippen LogP contribution in [0.2, 0.25) is 0 Å². The summed E-state index contributed by atoms with van der Waals surface area (Å²) in [5.74, 6) is 1.16. The Morgan fingerprint density at radius 3 is 2.43 bits per heavy atom. The van der Waals surface area contributed by atoms with E-state index in [4.69, 9.17) is 0 Å². The van der Waals surface area contributed by atoms with Gasteiger partial charge in [0.15, 0.2) is 0 Å². The zero-order valence-corrected chi connectivity index (χ0v) is 21.7. The third kappa shape index (κ3) is 4.56. The molecule has 2 aromatic rings. The molecule has 3 heterocycles. The summed E-state index contributed by atoms with van der Waals surface area (Å²) >= 11 is 0. The van der Waals surface area contributed by atoms with Gasteiger partial charge in [-0.3, -0.25) is 4.79 Å². The summed E-state index contributed by atoms with van der Waals surface area (Å²) in [6.45, 7) is 13.3. The van der Waals surface area contributed by atoms with Crippen LogP contribution in [-0.2, 0) is 10.4 Å². The fourth-order valence-electron chi connectivity index (χ4n) is 6.38. The van der Waals surface area contributed by atoms with Crippen molar-refractivity contribution in [2.75, 3.05) is 31.1 Å². The van der Waals surface area contributed by atoms with E-state index in [0.29, 0.717) is 19.5 Å². The van der Waals surface area contributed by atoms with Gasteiger partial charge in [-0.05, 0) is 58.4 Å². The summed E-state index contributed by atoms with van der Waals surface area (Å²) in [7, 11) is 0. The van der Waals surface area contributed by atoms with Crippen LogP contribution in [0.15, 0.2) is 30.6 Å². The van der Waals surface area contributed by atoms with Crippen molar-refractivity contribution in [3.63, 3.8) is 0 Å². The molecule has 1 aromatic carbocycles. The molecular weight excluding hydrogens is 438 g/mol. The number of hydrogen-bond donors (Lipinski definition) is 2. The van der Waals surface area contributed by atoms with Crippen molar-refractivity contribution in [1.29, 1.82) is 0 Å². The van der Waals surface area contributed by atoms with Crippen LogP contribution >= 0.6 is 0 Å².